The molecule has 0 aliphatic heterocycles. The number of methoxy groups -OCH3 is 2. The van der Waals surface area contributed by atoms with Gasteiger partial charge in [-0.05, 0) is 18.2 Å². The van der Waals surface area contributed by atoms with Gasteiger partial charge in [-0.15, -0.1) is 0 Å². The van der Waals surface area contributed by atoms with Crippen molar-refractivity contribution >= 4 is 11.9 Å². The quantitative estimate of drug-likeness (QED) is 0.755. The van der Waals surface area contributed by atoms with Crippen LogP contribution in [0.1, 0.15) is 22.0 Å². The molecule has 0 unspecified atom stereocenters. The Morgan fingerprint density at radius 1 is 0.960 bits per heavy atom. The third-order valence-corrected chi connectivity index (χ3v) is 3.62. The first kappa shape index (κ1) is 18.3. The van der Waals surface area contributed by atoms with Gasteiger partial charge in [0, 0.05) is 19.7 Å². The molecule has 2 aromatic rings. The summed E-state index contributed by atoms with van der Waals surface area (Å²) in [5.74, 6) is -0.168. The fourth-order valence-corrected chi connectivity index (χ4v) is 2.27. The van der Waals surface area contributed by atoms with Crippen LogP contribution < -0.4 is 9.47 Å². The van der Waals surface area contributed by atoms with Crippen LogP contribution in [-0.4, -0.2) is 45.1 Å². The van der Waals surface area contributed by atoms with Gasteiger partial charge in [0.25, 0.3) is 5.91 Å². The SMILES string of the molecule is COc1ccc(OC)c(C(=O)O[C@@H](C(=O)N(C)C)c2ccccc2)c1. The van der Waals surface area contributed by atoms with Crippen molar-refractivity contribution in [2.75, 3.05) is 28.3 Å². The summed E-state index contributed by atoms with van der Waals surface area (Å²) in [6.07, 6.45) is -1.04. The first-order valence-corrected chi connectivity index (χ1v) is 7.67. The van der Waals surface area contributed by atoms with E-state index in [4.69, 9.17) is 14.2 Å². The molecule has 0 aliphatic rings. The van der Waals surface area contributed by atoms with Crippen LogP contribution in [0, 0.1) is 0 Å². The number of amides is 1. The molecule has 0 saturated carbocycles. The second kappa shape index (κ2) is 8.19. The number of likely N-dealkylation sites (N-methyl/N-ethyl adjacent to an activating group) is 1. The van der Waals surface area contributed by atoms with Gasteiger partial charge in [0.2, 0.25) is 6.10 Å². The van der Waals surface area contributed by atoms with E-state index in [1.165, 1.54) is 25.2 Å². The maximum absolute atomic E-state index is 12.7. The number of nitrogens with zero attached hydrogens (tertiary/aromatic N) is 1. The monoisotopic (exact) mass is 343 g/mol. The van der Waals surface area contributed by atoms with Gasteiger partial charge >= 0.3 is 5.97 Å². The van der Waals surface area contributed by atoms with E-state index in [1.807, 2.05) is 6.07 Å². The molecule has 0 aliphatic carbocycles. The van der Waals surface area contributed by atoms with Gasteiger partial charge in [0.1, 0.15) is 17.1 Å². The second-order valence-corrected chi connectivity index (χ2v) is 5.49. The van der Waals surface area contributed by atoms with Crippen molar-refractivity contribution in [1.82, 2.24) is 4.90 Å². The van der Waals surface area contributed by atoms with Crippen molar-refractivity contribution in [1.29, 1.82) is 0 Å². The maximum atomic E-state index is 12.7. The van der Waals surface area contributed by atoms with Crippen molar-refractivity contribution in [2.45, 2.75) is 6.10 Å². The minimum absolute atomic E-state index is 0.189. The lowest BCUT2D eigenvalue weighted by Crippen LogP contribution is -2.31. The molecular formula is C19H21NO5. The summed E-state index contributed by atoms with van der Waals surface area (Å²) >= 11 is 0. The third-order valence-electron chi connectivity index (χ3n) is 3.62. The zero-order valence-corrected chi connectivity index (χ0v) is 14.7. The molecule has 0 bridgehead atoms. The van der Waals surface area contributed by atoms with Crippen molar-refractivity contribution in [3.63, 3.8) is 0 Å². The van der Waals surface area contributed by atoms with Crippen LogP contribution in [0.3, 0.4) is 0 Å². The number of benzene rings is 2. The molecule has 1 amide bonds. The normalized spacial score (nSPS) is 11.4. The lowest BCUT2D eigenvalue weighted by atomic mass is 10.1. The molecule has 0 aromatic heterocycles. The average Bonchev–Trinajstić information content (AvgIpc) is 2.65. The summed E-state index contributed by atoms with van der Waals surface area (Å²) in [4.78, 5) is 26.5. The molecule has 25 heavy (non-hydrogen) atoms. The predicted molar refractivity (Wildman–Crippen MR) is 92.8 cm³/mol. The maximum Gasteiger partial charge on any atom is 0.343 e. The number of rotatable bonds is 6. The van der Waals surface area contributed by atoms with E-state index in [-0.39, 0.29) is 11.5 Å². The van der Waals surface area contributed by atoms with Crippen LogP contribution in [-0.2, 0) is 9.53 Å². The van der Waals surface area contributed by atoms with Crippen LogP contribution in [0.4, 0.5) is 0 Å². The molecule has 2 rings (SSSR count). The Balaban J connectivity index is 2.36. The number of ether oxygens (including phenoxy) is 3. The van der Waals surface area contributed by atoms with Crippen LogP contribution in [0.15, 0.2) is 48.5 Å². The molecule has 6 heteroatoms. The highest BCUT2D eigenvalue weighted by Crippen LogP contribution is 2.28. The first-order chi connectivity index (χ1) is 12.0. The van der Waals surface area contributed by atoms with Crippen LogP contribution in [0.2, 0.25) is 0 Å². The Morgan fingerprint density at radius 3 is 2.20 bits per heavy atom. The van der Waals surface area contributed by atoms with E-state index in [1.54, 1.807) is 50.5 Å². The molecule has 0 heterocycles. The highest BCUT2D eigenvalue weighted by molar-refractivity contribution is 5.95. The third kappa shape index (κ3) is 4.29. The standard InChI is InChI=1S/C19H21NO5/c1-20(2)18(21)17(13-8-6-5-7-9-13)25-19(22)15-12-14(23-3)10-11-16(15)24-4/h5-12,17H,1-4H3/t17-/m1/s1. The average molecular weight is 343 g/mol. The fraction of sp³-hybridized carbons (Fsp3) is 0.263. The van der Waals surface area contributed by atoms with E-state index >= 15 is 0 Å². The summed E-state index contributed by atoms with van der Waals surface area (Å²) in [7, 11) is 6.17. The van der Waals surface area contributed by atoms with E-state index in [0.717, 1.165) is 0 Å². The summed E-state index contributed by atoms with van der Waals surface area (Å²) in [5, 5.41) is 0. The minimum atomic E-state index is -1.04. The number of carbonyl (C=O) groups excluding carboxylic acids is 2. The molecule has 132 valence electrons. The minimum Gasteiger partial charge on any atom is -0.497 e. The molecule has 0 radical (unpaired) electrons. The van der Waals surface area contributed by atoms with Crippen molar-refractivity contribution in [2.24, 2.45) is 0 Å². The molecule has 0 spiro atoms. The van der Waals surface area contributed by atoms with Gasteiger partial charge < -0.3 is 19.1 Å². The van der Waals surface area contributed by atoms with Gasteiger partial charge in [-0.25, -0.2) is 4.79 Å². The van der Waals surface area contributed by atoms with E-state index in [0.29, 0.717) is 17.1 Å². The van der Waals surface area contributed by atoms with Gasteiger partial charge in [0.05, 0.1) is 14.2 Å². The second-order valence-electron chi connectivity index (χ2n) is 5.49. The summed E-state index contributed by atoms with van der Waals surface area (Å²) in [6, 6.07) is 13.7. The highest BCUT2D eigenvalue weighted by Gasteiger charge is 2.28. The number of hydrogen-bond acceptors (Lipinski definition) is 5. The van der Waals surface area contributed by atoms with Gasteiger partial charge in [-0.1, -0.05) is 30.3 Å². The molecule has 0 fully saturated rings. The molecule has 2 aromatic carbocycles. The molecular weight excluding hydrogens is 322 g/mol. The summed E-state index contributed by atoms with van der Waals surface area (Å²) in [5.41, 5.74) is 0.783. The van der Waals surface area contributed by atoms with Gasteiger partial charge in [0.15, 0.2) is 0 Å². The largest absolute Gasteiger partial charge is 0.497 e. The van der Waals surface area contributed by atoms with Crippen LogP contribution in [0.5, 0.6) is 11.5 Å². The Kier molecular flexibility index (Phi) is 6.00. The number of esters is 1. The molecule has 6 nitrogen and oxygen atoms in total. The fourth-order valence-electron chi connectivity index (χ4n) is 2.27. The first-order valence-electron chi connectivity index (χ1n) is 7.67. The number of hydrogen-bond donors (Lipinski definition) is 0. The van der Waals surface area contributed by atoms with Crippen molar-refractivity contribution < 1.29 is 23.8 Å². The van der Waals surface area contributed by atoms with Crippen LogP contribution in [0.25, 0.3) is 0 Å². The summed E-state index contributed by atoms with van der Waals surface area (Å²) in [6.45, 7) is 0. The molecule has 0 saturated heterocycles. The topological polar surface area (TPSA) is 65.1 Å². The van der Waals surface area contributed by atoms with Gasteiger partial charge in [-0.3, -0.25) is 4.79 Å². The number of carbonyl (C=O) groups is 2. The smallest absolute Gasteiger partial charge is 0.343 e. The van der Waals surface area contributed by atoms with Crippen molar-refractivity contribution in [3.8, 4) is 11.5 Å². The lowest BCUT2D eigenvalue weighted by Gasteiger charge is -2.21. The Bertz CT molecular complexity index is 743. The Morgan fingerprint density at radius 2 is 1.64 bits per heavy atom. The highest BCUT2D eigenvalue weighted by atomic mass is 16.6. The van der Waals surface area contributed by atoms with Gasteiger partial charge in [-0.2, -0.15) is 0 Å². The Hall–Kier alpha value is -3.02. The van der Waals surface area contributed by atoms with E-state index in [2.05, 4.69) is 0 Å². The van der Waals surface area contributed by atoms with Crippen LogP contribution >= 0.6 is 0 Å². The zero-order valence-electron chi connectivity index (χ0n) is 14.7. The molecule has 1 atom stereocenters. The van der Waals surface area contributed by atoms with E-state index < -0.39 is 12.1 Å². The molecule has 0 N–H and O–H groups in total. The van der Waals surface area contributed by atoms with Crippen molar-refractivity contribution in [3.05, 3.63) is 59.7 Å². The Labute approximate surface area is 146 Å². The predicted octanol–water partition coefficient (Wildman–Crippen LogP) is 2.69. The van der Waals surface area contributed by atoms with E-state index in [9.17, 15) is 9.59 Å². The zero-order chi connectivity index (χ0) is 18.4. The lowest BCUT2D eigenvalue weighted by molar-refractivity contribution is -0.138. The summed E-state index contributed by atoms with van der Waals surface area (Å²) < 4.78 is 15.9.